The van der Waals surface area contributed by atoms with Crippen LogP contribution >= 0.6 is 11.8 Å². The normalized spacial score (nSPS) is 10.6. The van der Waals surface area contributed by atoms with E-state index in [9.17, 15) is 0 Å². The molecular weight excluding hydrogens is 278 g/mol. The first-order valence-electron chi connectivity index (χ1n) is 7.29. The molecule has 2 aromatic carbocycles. The van der Waals surface area contributed by atoms with Gasteiger partial charge in [-0.05, 0) is 37.2 Å². The van der Waals surface area contributed by atoms with Crippen molar-refractivity contribution in [3.8, 4) is 5.75 Å². The molecular formula is C18H23NOS. The van der Waals surface area contributed by atoms with Crippen LogP contribution < -0.4 is 10.1 Å². The van der Waals surface area contributed by atoms with Gasteiger partial charge in [0.05, 0.1) is 7.11 Å². The van der Waals surface area contributed by atoms with Crippen LogP contribution in [0.3, 0.4) is 0 Å². The van der Waals surface area contributed by atoms with E-state index in [1.54, 1.807) is 7.11 Å². The Bertz CT molecular complexity index is 566. The minimum Gasteiger partial charge on any atom is -0.496 e. The molecule has 0 heterocycles. The summed E-state index contributed by atoms with van der Waals surface area (Å²) in [6.07, 6.45) is 0. The van der Waals surface area contributed by atoms with Gasteiger partial charge in [-0.1, -0.05) is 36.8 Å². The van der Waals surface area contributed by atoms with Crippen molar-refractivity contribution in [3.05, 3.63) is 59.2 Å². The summed E-state index contributed by atoms with van der Waals surface area (Å²) in [4.78, 5) is 1.29. The predicted molar refractivity (Wildman–Crippen MR) is 91.1 cm³/mol. The number of hydrogen-bond acceptors (Lipinski definition) is 3. The van der Waals surface area contributed by atoms with Gasteiger partial charge in [-0.3, -0.25) is 0 Å². The molecule has 0 spiro atoms. The van der Waals surface area contributed by atoms with E-state index in [1.807, 2.05) is 17.8 Å². The number of hydrogen-bond donors (Lipinski definition) is 1. The fourth-order valence-corrected chi connectivity index (χ4v) is 3.03. The molecule has 0 aliphatic rings. The molecule has 0 fully saturated rings. The maximum atomic E-state index is 5.43. The molecule has 21 heavy (non-hydrogen) atoms. The second-order valence-electron chi connectivity index (χ2n) is 5.03. The standard InChI is InChI=1S/C18H23NOS/c1-4-19-12-15-6-8-17(9-7-15)21-13-16-11-14(2)5-10-18(16)20-3/h5-11,19H,4,12-13H2,1-3H3. The van der Waals surface area contributed by atoms with Gasteiger partial charge in [-0.15, -0.1) is 11.8 Å². The highest BCUT2D eigenvalue weighted by molar-refractivity contribution is 7.98. The largest absolute Gasteiger partial charge is 0.496 e. The Morgan fingerprint density at radius 1 is 1.10 bits per heavy atom. The van der Waals surface area contributed by atoms with Crippen LogP contribution in [0, 0.1) is 6.92 Å². The number of nitrogens with one attached hydrogen (secondary N) is 1. The Hall–Kier alpha value is -1.45. The average molecular weight is 301 g/mol. The van der Waals surface area contributed by atoms with E-state index in [1.165, 1.54) is 21.6 Å². The van der Waals surface area contributed by atoms with E-state index in [0.29, 0.717) is 0 Å². The van der Waals surface area contributed by atoms with E-state index < -0.39 is 0 Å². The zero-order chi connectivity index (χ0) is 15.1. The summed E-state index contributed by atoms with van der Waals surface area (Å²) in [5.74, 6) is 1.90. The summed E-state index contributed by atoms with van der Waals surface area (Å²) in [5, 5.41) is 3.34. The van der Waals surface area contributed by atoms with Crippen LogP contribution in [0.25, 0.3) is 0 Å². The maximum absolute atomic E-state index is 5.43. The first kappa shape index (κ1) is 15.9. The molecule has 0 aliphatic carbocycles. The number of ether oxygens (including phenoxy) is 1. The molecule has 0 radical (unpaired) electrons. The van der Waals surface area contributed by atoms with Gasteiger partial charge in [-0.25, -0.2) is 0 Å². The first-order valence-corrected chi connectivity index (χ1v) is 8.27. The van der Waals surface area contributed by atoms with Crippen molar-refractivity contribution >= 4 is 11.8 Å². The van der Waals surface area contributed by atoms with Gasteiger partial charge in [-0.2, -0.15) is 0 Å². The van der Waals surface area contributed by atoms with Crippen LogP contribution in [0.1, 0.15) is 23.6 Å². The summed E-state index contributed by atoms with van der Waals surface area (Å²) < 4.78 is 5.43. The Balaban J connectivity index is 1.98. The molecule has 0 saturated heterocycles. The van der Waals surface area contributed by atoms with Crippen LogP contribution in [0.2, 0.25) is 0 Å². The lowest BCUT2D eigenvalue weighted by atomic mass is 10.1. The topological polar surface area (TPSA) is 21.3 Å². The maximum Gasteiger partial charge on any atom is 0.122 e. The zero-order valence-electron chi connectivity index (χ0n) is 13.0. The van der Waals surface area contributed by atoms with Gasteiger partial charge in [0.15, 0.2) is 0 Å². The van der Waals surface area contributed by atoms with Crippen molar-refractivity contribution in [2.75, 3.05) is 13.7 Å². The molecule has 2 rings (SSSR count). The first-order chi connectivity index (χ1) is 10.2. The smallest absolute Gasteiger partial charge is 0.122 e. The third kappa shape index (κ3) is 4.80. The fourth-order valence-electron chi connectivity index (χ4n) is 2.15. The fraction of sp³-hybridized carbons (Fsp3) is 0.333. The Kier molecular flexibility index (Phi) is 6.15. The van der Waals surface area contributed by atoms with Crippen LogP contribution in [-0.2, 0) is 12.3 Å². The lowest BCUT2D eigenvalue weighted by molar-refractivity contribution is 0.411. The molecule has 0 saturated carbocycles. The van der Waals surface area contributed by atoms with Crippen LogP contribution in [0.15, 0.2) is 47.4 Å². The van der Waals surface area contributed by atoms with Crippen molar-refractivity contribution in [2.24, 2.45) is 0 Å². The number of methoxy groups -OCH3 is 1. The summed E-state index contributed by atoms with van der Waals surface area (Å²) in [6.45, 7) is 6.18. The van der Waals surface area contributed by atoms with Crippen molar-refractivity contribution < 1.29 is 4.74 Å². The highest BCUT2D eigenvalue weighted by Crippen LogP contribution is 2.28. The molecule has 3 heteroatoms. The number of rotatable bonds is 7. The second kappa shape index (κ2) is 8.11. The molecule has 2 nitrogen and oxygen atoms in total. The zero-order valence-corrected chi connectivity index (χ0v) is 13.8. The molecule has 0 unspecified atom stereocenters. The minimum absolute atomic E-state index is 0.928. The molecule has 0 amide bonds. The van der Waals surface area contributed by atoms with Gasteiger partial charge >= 0.3 is 0 Å². The highest BCUT2D eigenvalue weighted by Gasteiger charge is 2.04. The molecule has 0 aromatic heterocycles. The average Bonchev–Trinajstić information content (AvgIpc) is 2.52. The van der Waals surface area contributed by atoms with Crippen LogP contribution in [0.5, 0.6) is 5.75 Å². The molecule has 0 bridgehead atoms. The highest BCUT2D eigenvalue weighted by atomic mass is 32.2. The molecule has 2 aromatic rings. The Morgan fingerprint density at radius 2 is 1.86 bits per heavy atom. The van der Waals surface area contributed by atoms with E-state index in [-0.39, 0.29) is 0 Å². The minimum atomic E-state index is 0.928. The third-order valence-corrected chi connectivity index (χ3v) is 4.39. The lowest BCUT2D eigenvalue weighted by Crippen LogP contribution is -2.11. The monoisotopic (exact) mass is 301 g/mol. The van der Waals surface area contributed by atoms with Gasteiger partial charge < -0.3 is 10.1 Å². The predicted octanol–water partition coefficient (Wildman–Crippen LogP) is 4.41. The van der Waals surface area contributed by atoms with E-state index in [4.69, 9.17) is 4.74 Å². The van der Waals surface area contributed by atoms with Gasteiger partial charge in [0.25, 0.3) is 0 Å². The van der Waals surface area contributed by atoms with E-state index in [0.717, 1.165) is 24.6 Å². The van der Waals surface area contributed by atoms with Gasteiger partial charge in [0.1, 0.15) is 5.75 Å². The second-order valence-corrected chi connectivity index (χ2v) is 6.08. The van der Waals surface area contributed by atoms with Crippen molar-refractivity contribution in [2.45, 2.75) is 31.0 Å². The molecule has 0 atom stereocenters. The SMILES string of the molecule is CCNCc1ccc(SCc2cc(C)ccc2OC)cc1. The number of aryl methyl sites for hydroxylation is 1. The van der Waals surface area contributed by atoms with E-state index in [2.05, 4.69) is 55.6 Å². The van der Waals surface area contributed by atoms with Crippen LogP contribution in [0.4, 0.5) is 0 Å². The summed E-state index contributed by atoms with van der Waals surface area (Å²) in [7, 11) is 1.73. The van der Waals surface area contributed by atoms with E-state index >= 15 is 0 Å². The molecule has 112 valence electrons. The summed E-state index contributed by atoms with van der Waals surface area (Å²) >= 11 is 1.84. The number of thioether (sulfide) groups is 1. The van der Waals surface area contributed by atoms with Gasteiger partial charge in [0, 0.05) is 22.8 Å². The van der Waals surface area contributed by atoms with Crippen molar-refractivity contribution in [1.82, 2.24) is 5.32 Å². The quantitative estimate of drug-likeness (QED) is 0.766. The van der Waals surface area contributed by atoms with Crippen molar-refractivity contribution in [3.63, 3.8) is 0 Å². The third-order valence-electron chi connectivity index (χ3n) is 3.33. The summed E-state index contributed by atoms with van der Waals surface area (Å²) in [6, 6.07) is 15.1. The van der Waals surface area contributed by atoms with Crippen molar-refractivity contribution in [1.29, 1.82) is 0 Å². The Labute approximate surface area is 131 Å². The van der Waals surface area contributed by atoms with Gasteiger partial charge in [0.2, 0.25) is 0 Å². The molecule has 0 aliphatic heterocycles. The van der Waals surface area contributed by atoms with Crippen LogP contribution in [-0.4, -0.2) is 13.7 Å². The lowest BCUT2D eigenvalue weighted by Gasteiger charge is -2.10. The summed E-state index contributed by atoms with van der Waals surface area (Å²) in [5.41, 5.74) is 3.85. The Morgan fingerprint density at radius 3 is 2.52 bits per heavy atom. The molecule has 1 N–H and O–H groups in total. The number of benzene rings is 2.